The Morgan fingerprint density at radius 1 is 1.05 bits per heavy atom. The van der Waals surface area contributed by atoms with Crippen LogP contribution in [-0.4, -0.2) is 56.9 Å². The van der Waals surface area contributed by atoms with Crippen molar-refractivity contribution < 1.29 is 4.79 Å². The molecule has 0 saturated heterocycles. The summed E-state index contributed by atoms with van der Waals surface area (Å²) in [6, 6.07) is 6.27. The Morgan fingerprint density at radius 3 is 2.10 bits per heavy atom. The molecule has 0 aliphatic carbocycles. The van der Waals surface area contributed by atoms with Crippen molar-refractivity contribution in [2.45, 2.75) is 13.8 Å². The maximum absolute atomic E-state index is 12.4. The van der Waals surface area contributed by atoms with Gasteiger partial charge in [-0.25, -0.2) is 0 Å². The summed E-state index contributed by atoms with van der Waals surface area (Å²) in [5, 5.41) is 0. The molecule has 0 unspecified atom stereocenters. The fraction of sp³-hybridized carbons (Fsp3) is 0.500. The number of hydrogen-bond acceptors (Lipinski definition) is 3. The van der Waals surface area contributed by atoms with Crippen LogP contribution in [0.15, 0.2) is 24.3 Å². The number of allylic oxidation sites excluding steroid dienone is 1. The van der Waals surface area contributed by atoms with Crippen molar-refractivity contribution in [3.05, 3.63) is 41.0 Å². The van der Waals surface area contributed by atoms with Crippen LogP contribution in [0.2, 0.25) is 0 Å². The Bertz CT molecular complexity index is 494. The monoisotopic (exact) mass is 288 g/mol. The lowest BCUT2D eigenvalue weighted by Gasteiger charge is -2.22. The van der Waals surface area contributed by atoms with Crippen LogP contribution >= 0.6 is 0 Å². The second-order valence-corrected chi connectivity index (χ2v) is 6.30. The van der Waals surface area contributed by atoms with Crippen molar-refractivity contribution in [2.75, 3.05) is 41.3 Å². The summed E-state index contributed by atoms with van der Waals surface area (Å²) >= 11 is 0. The first-order valence-corrected chi connectivity index (χ1v) is 7.38. The highest BCUT2D eigenvalue weighted by Crippen LogP contribution is 2.12. The van der Waals surface area contributed by atoms with Gasteiger partial charge in [-0.15, -0.1) is 0 Å². The van der Waals surface area contributed by atoms with Crippen LogP contribution in [0.3, 0.4) is 0 Å². The minimum absolute atomic E-state index is 0.0118. The second-order valence-electron chi connectivity index (χ2n) is 6.30. The summed E-state index contributed by atoms with van der Waals surface area (Å²) in [6.45, 7) is 5.73. The van der Waals surface area contributed by atoms with E-state index in [0.717, 1.165) is 18.7 Å². The number of benzene rings is 1. The van der Waals surface area contributed by atoms with Gasteiger partial charge in [-0.05, 0) is 64.8 Å². The van der Waals surface area contributed by atoms with Crippen LogP contribution in [0.1, 0.15) is 16.7 Å². The van der Waals surface area contributed by atoms with Gasteiger partial charge in [0.15, 0.2) is 5.78 Å². The summed E-state index contributed by atoms with van der Waals surface area (Å²) in [6.07, 6.45) is 3.65. The van der Waals surface area contributed by atoms with Crippen LogP contribution in [-0.2, 0) is 4.79 Å². The van der Waals surface area contributed by atoms with Gasteiger partial charge in [-0.3, -0.25) is 4.79 Å². The predicted octanol–water partition coefficient (Wildman–Crippen LogP) is 2.63. The third-order valence-corrected chi connectivity index (χ3v) is 3.54. The minimum atomic E-state index is 0.0118. The molecule has 0 aliphatic rings. The van der Waals surface area contributed by atoms with E-state index in [2.05, 4.69) is 41.8 Å². The average molecular weight is 288 g/mol. The largest absolute Gasteiger partial charge is 0.309 e. The smallest absolute Gasteiger partial charge is 0.161 e. The third kappa shape index (κ3) is 6.23. The van der Waals surface area contributed by atoms with Gasteiger partial charge in [-0.1, -0.05) is 24.3 Å². The van der Waals surface area contributed by atoms with Crippen LogP contribution in [0.25, 0.3) is 6.08 Å². The number of rotatable bonds is 7. The Kier molecular flexibility index (Phi) is 6.79. The molecular weight excluding hydrogens is 260 g/mol. The van der Waals surface area contributed by atoms with Crippen LogP contribution in [0, 0.1) is 19.8 Å². The predicted molar refractivity (Wildman–Crippen MR) is 90.6 cm³/mol. The number of hydrogen-bond donors (Lipinski definition) is 0. The molecule has 0 aliphatic heterocycles. The molecule has 0 spiro atoms. The summed E-state index contributed by atoms with van der Waals surface area (Å²) in [7, 11) is 8.01. The second kappa shape index (κ2) is 8.11. The van der Waals surface area contributed by atoms with E-state index < -0.39 is 0 Å². The minimum Gasteiger partial charge on any atom is -0.309 e. The number of ketones is 1. The van der Waals surface area contributed by atoms with Crippen molar-refractivity contribution in [2.24, 2.45) is 5.92 Å². The Labute approximate surface area is 129 Å². The van der Waals surface area contributed by atoms with Gasteiger partial charge in [-0.2, -0.15) is 0 Å². The lowest BCUT2D eigenvalue weighted by molar-refractivity contribution is -0.119. The topological polar surface area (TPSA) is 23.6 Å². The lowest BCUT2D eigenvalue weighted by atomic mass is 10.0. The molecule has 3 nitrogen and oxygen atoms in total. The van der Waals surface area contributed by atoms with Crippen molar-refractivity contribution in [1.29, 1.82) is 0 Å². The molecule has 3 heteroatoms. The Balaban J connectivity index is 2.79. The van der Waals surface area contributed by atoms with E-state index in [1.54, 1.807) is 6.08 Å². The first-order chi connectivity index (χ1) is 9.79. The molecule has 0 radical (unpaired) electrons. The molecule has 1 rings (SSSR count). The first-order valence-electron chi connectivity index (χ1n) is 7.38. The quantitative estimate of drug-likeness (QED) is 0.721. The molecule has 116 valence electrons. The number of nitrogens with zero attached hydrogens (tertiary/aromatic N) is 2. The Hall–Kier alpha value is -1.45. The number of carbonyl (C=O) groups excluding carboxylic acids is 1. The van der Waals surface area contributed by atoms with E-state index in [9.17, 15) is 4.79 Å². The van der Waals surface area contributed by atoms with E-state index in [-0.39, 0.29) is 11.7 Å². The molecular formula is C18H28N2O. The van der Waals surface area contributed by atoms with Gasteiger partial charge in [0.1, 0.15) is 0 Å². The van der Waals surface area contributed by atoms with Crippen LogP contribution < -0.4 is 0 Å². The molecule has 0 aromatic heterocycles. The zero-order valence-corrected chi connectivity index (χ0v) is 14.2. The third-order valence-electron chi connectivity index (χ3n) is 3.54. The van der Waals surface area contributed by atoms with E-state index in [1.165, 1.54) is 11.1 Å². The van der Waals surface area contributed by atoms with Gasteiger partial charge in [0, 0.05) is 19.0 Å². The lowest BCUT2D eigenvalue weighted by Crippen LogP contribution is -2.34. The number of aryl methyl sites for hydroxylation is 2. The first kappa shape index (κ1) is 17.6. The molecule has 0 bridgehead atoms. The van der Waals surface area contributed by atoms with Crippen LogP contribution in [0.5, 0.6) is 0 Å². The van der Waals surface area contributed by atoms with Gasteiger partial charge in [0.05, 0.1) is 0 Å². The van der Waals surface area contributed by atoms with Crippen molar-refractivity contribution in [3.63, 3.8) is 0 Å². The van der Waals surface area contributed by atoms with Crippen LogP contribution in [0.4, 0.5) is 0 Å². The summed E-state index contributed by atoms with van der Waals surface area (Å²) in [5.41, 5.74) is 3.61. The summed E-state index contributed by atoms with van der Waals surface area (Å²) < 4.78 is 0. The van der Waals surface area contributed by atoms with Crippen molar-refractivity contribution >= 4 is 11.9 Å². The average Bonchev–Trinajstić information content (AvgIpc) is 2.38. The van der Waals surface area contributed by atoms with E-state index >= 15 is 0 Å². The standard InChI is InChI=1S/C18H28N2O/c1-14-7-8-16(11-15(14)2)9-10-18(21)17(12-19(3)4)13-20(5)6/h7-11,17H,12-13H2,1-6H3. The highest BCUT2D eigenvalue weighted by atomic mass is 16.1. The zero-order chi connectivity index (χ0) is 16.0. The van der Waals surface area contributed by atoms with Crippen molar-refractivity contribution in [1.82, 2.24) is 9.80 Å². The molecule has 0 atom stereocenters. The SMILES string of the molecule is Cc1ccc(C=CC(=O)C(CN(C)C)CN(C)C)cc1C. The van der Waals surface area contributed by atoms with Gasteiger partial charge >= 0.3 is 0 Å². The van der Waals surface area contributed by atoms with Gasteiger partial charge in [0.2, 0.25) is 0 Å². The molecule has 21 heavy (non-hydrogen) atoms. The maximum Gasteiger partial charge on any atom is 0.161 e. The summed E-state index contributed by atoms with van der Waals surface area (Å²) in [4.78, 5) is 16.5. The normalized spacial score (nSPS) is 12.0. The zero-order valence-electron chi connectivity index (χ0n) is 14.2. The fourth-order valence-electron chi connectivity index (χ4n) is 2.30. The highest BCUT2D eigenvalue weighted by Gasteiger charge is 2.17. The highest BCUT2D eigenvalue weighted by molar-refractivity contribution is 5.95. The Morgan fingerprint density at radius 2 is 1.62 bits per heavy atom. The molecule has 0 N–H and O–H groups in total. The van der Waals surface area contributed by atoms with Crippen molar-refractivity contribution in [3.8, 4) is 0 Å². The number of carbonyl (C=O) groups is 1. The van der Waals surface area contributed by atoms with E-state index in [1.807, 2.05) is 34.3 Å². The van der Waals surface area contributed by atoms with Gasteiger partial charge in [0.25, 0.3) is 0 Å². The molecule has 0 saturated carbocycles. The molecule has 0 heterocycles. The van der Waals surface area contributed by atoms with E-state index in [4.69, 9.17) is 0 Å². The van der Waals surface area contributed by atoms with Gasteiger partial charge < -0.3 is 9.80 Å². The van der Waals surface area contributed by atoms with E-state index in [0.29, 0.717) is 0 Å². The fourth-order valence-corrected chi connectivity index (χ4v) is 2.30. The molecule has 0 fully saturated rings. The summed E-state index contributed by atoms with van der Waals surface area (Å²) in [5.74, 6) is 0.202. The molecule has 1 aromatic carbocycles. The maximum atomic E-state index is 12.4. The molecule has 0 amide bonds. The molecule has 1 aromatic rings.